The normalized spacial score (nSPS) is 13.3. The molecule has 0 aliphatic heterocycles. The van der Waals surface area contributed by atoms with E-state index in [1.54, 1.807) is 6.92 Å². The predicted molar refractivity (Wildman–Crippen MR) is 88.4 cm³/mol. The van der Waals surface area contributed by atoms with E-state index in [1.807, 2.05) is 13.8 Å². The van der Waals surface area contributed by atoms with Gasteiger partial charge in [-0.3, -0.25) is 0 Å². The van der Waals surface area contributed by atoms with Crippen molar-refractivity contribution in [3.8, 4) is 0 Å². The van der Waals surface area contributed by atoms with Crippen molar-refractivity contribution in [2.24, 2.45) is 0 Å². The maximum atomic E-state index is 12.8. The summed E-state index contributed by atoms with van der Waals surface area (Å²) >= 11 is 1.50. The fourth-order valence-electron chi connectivity index (χ4n) is 2.34. The van der Waals surface area contributed by atoms with Gasteiger partial charge in [-0.05, 0) is 32.9 Å². The molecule has 0 aliphatic rings. The second-order valence-corrected chi connectivity index (χ2v) is 8.55. The number of aromatic carboxylic acids is 1. The largest absolute Gasteiger partial charge is 0.478 e. The molecular weight excluding hydrogens is 336 g/mol. The van der Waals surface area contributed by atoms with Crippen LogP contribution in [-0.4, -0.2) is 35.8 Å². The molecule has 23 heavy (non-hydrogen) atoms. The molecular formula is C15H18N2O4S2. The summed E-state index contributed by atoms with van der Waals surface area (Å²) < 4.78 is 26.8. The van der Waals surface area contributed by atoms with Crippen LogP contribution in [0, 0.1) is 13.8 Å². The third-order valence-corrected chi connectivity index (χ3v) is 6.54. The van der Waals surface area contributed by atoms with E-state index in [4.69, 9.17) is 0 Å². The van der Waals surface area contributed by atoms with Crippen LogP contribution in [0.1, 0.15) is 38.9 Å². The molecule has 1 atom stereocenters. The summed E-state index contributed by atoms with van der Waals surface area (Å²) in [6.07, 6.45) is 0. The van der Waals surface area contributed by atoms with Crippen molar-refractivity contribution in [2.45, 2.75) is 31.7 Å². The first-order chi connectivity index (χ1) is 10.7. The van der Waals surface area contributed by atoms with Gasteiger partial charge in [-0.1, -0.05) is 12.1 Å². The molecule has 0 radical (unpaired) electrons. The van der Waals surface area contributed by atoms with Crippen LogP contribution in [0.3, 0.4) is 0 Å². The van der Waals surface area contributed by atoms with Gasteiger partial charge in [0.1, 0.15) is 0 Å². The molecule has 2 aromatic rings. The van der Waals surface area contributed by atoms with Gasteiger partial charge in [-0.25, -0.2) is 18.2 Å². The van der Waals surface area contributed by atoms with Crippen LogP contribution in [0.4, 0.5) is 0 Å². The number of aromatic nitrogens is 1. The summed E-state index contributed by atoms with van der Waals surface area (Å²) in [5.74, 6) is -1.27. The number of benzene rings is 1. The van der Waals surface area contributed by atoms with E-state index in [1.165, 1.54) is 42.6 Å². The van der Waals surface area contributed by atoms with E-state index in [0.717, 1.165) is 14.2 Å². The minimum Gasteiger partial charge on any atom is -0.478 e. The van der Waals surface area contributed by atoms with Crippen molar-refractivity contribution < 1.29 is 18.3 Å². The van der Waals surface area contributed by atoms with Crippen LogP contribution in [0.25, 0.3) is 0 Å². The topological polar surface area (TPSA) is 87.6 Å². The quantitative estimate of drug-likeness (QED) is 0.892. The van der Waals surface area contributed by atoms with Gasteiger partial charge >= 0.3 is 5.97 Å². The van der Waals surface area contributed by atoms with Crippen LogP contribution >= 0.6 is 11.3 Å². The van der Waals surface area contributed by atoms with Gasteiger partial charge in [0, 0.05) is 11.9 Å². The number of aryl methyl sites for hydroxylation is 2. The number of thiazole rings is 1. The summed E-state index contributed by atoms with van der Waals surface area (Å²) in [4.78, 5) is 16.4. The van der Waals surface area contributed by atoms with Crippen molar-refractivity contribution in [3.05, 3.63) is 45.4 Å². The first-order valence-electron chi connectivity index (χ1n) is 6.90. The fraction of sp³-hybridized carbons (Fsp3) is 0.333. The van der Waals surface area contributed by atoms with Gasteiger partial charge in [0.2, 0.25) is 10.0 Å². The zero-order chi connectivity index (χ0) is 17.4. The summed E-state index contributed by atoms with van der Waals surface area (Å²) in [5, 5.41) is 10.1. The Labute approximate surface area is 139 Å². The molecule has 1 N–H and O–H groups in total. The molecule has 0 saturated carbocycles. The van der Waals surface area contributed by atoms with E-state index in [-0.39, 0.29) is 10.5 Å². The van der Waals surface area contributed by atoms with Crippen LogP contribution in [0.5, 0.6) is 0 Å². The fourth-order valence-corrected chi connectivity index (χ4v) is 4.75. The lowest BCUT2D eigenvalue weighted by molar-refractivity contribution is 0.0692. The average molecular weight is 354 g/mol. The molecule has 0 amide bonds. The van der Waals surface area contributed by atoms with Gasteiger partial charge in [-0.2, -0.15) is 4.31 Å². The maximum absolute atomic E-state index is 12.8. The Morgan fingerprint density at radius 1 is 1.30 bits per heavy atom. The smallest absolute Gasteiger partial charge is 0.337 e. The number of carbonyl (C=O) groups is 1. The molecule has 1 aromatic carbocycles. The van der Waals surface area contributed by atoms with Crippen molar-refractivity contribution >= 4 is 27.3 Å². The number of nitrogens with zero attached hydrogens (tertiary/aromatic N) is 2. The molecule has 6 nitrogen and oxygen atoms in total. The molecule has 2 rings (SSSR count). The van der Waals surface area contributed by atoms with E-state index in [2.05, 4.69) is 4.98 Å². The molecule has 1 unspecified atom stereocenters. The Morgan fingerprint density at radius 2 is 1.91 bits per heavy atom. The molecule has 1 aromatic heterocycles. The second kappa shape index (κ2) is 6.38. The highest BCUT2D eigenvalue weighted by atomic mass is 32.2. The first-order valence-corrected chi connectivity index (χ1v) is 9.16. The van der Waals surface area contributed by atoms with Crippen LogP contribution in [0.15, 0.2) is 29.2 Å². The molecule has 0 saturated heterocycles. The highest BCUT2D eigenvalue weighted by Gasteiger charge is 2.31. The summed E-state index contributed by atoms with van der Waals surface area (Å²) in [6, 6.07) is 5.11. The minimum absolute atomic E-state index is 0.216. The first kappa shape index (κ1) is 17.6. The molecule has 1 heterocycles. The predicted octanol–water partition coefficient (Wildman–Crippen LogP) is 2.84. The van der Waals surface area contributed by atoms with E-state index in [0.29, 0.717) is 5.69 Å². The number of rotatable bonds is 5. The highest BCUT2D eigenvalue weighted by molar-refractivity contribution is 7.89. The number of carboxylic acids is 1. The van der Waals surface area contributed by atoms with Crippen LogP contribution in [0.2, 0.25) is 0 Å². The van der Waals surface area contributed by atoms with Crippen molar-refractivity contribution in [1.29, 1.82) is 0 Å². The Morgan fingerprint density at radius 3 is 2.43 bits per heavy atom. The number of hydrogen-bond acceptors (Lipinski definition) is 5. The molecule has 8 heteroatoms. The van der Waals surface area contributed by atoms with Gasteiger partial charge in [0.25, 0.3) is 0 Å². The van der Waals surface area contributed by atoms with Gasteiger partial charge in [-0.15, -0.1) is 11.3 Å². The monoisotopic (exact) mass is 354 g/mol. The van der Waals surface area contributed by atoms with Gasteiger partial charge in [0.05, 0.1) is 27.2 Å². The maximum Gasteiger partial charge on any atom is 0.337 e. The van der Waals surface area contributed by atoms with Crippen molar-refractivity contribution in [2.75, 3.05) is 7.05 Å². The zero-order valence-electron chi connectivity index (χ0n) is 13.3. The molecule has 124 valence electrons. The SMILES string of the molecule is Cc1nc(C(C)N(C)S(=O)(=O)c2ccccc2C(=O)O)c(C)s1. The standard InChI is InChI=1S/C15H18N2O4S2/c1-9(14-10(2)22-11(3)16-14)17(4)23(20,21)13-8-6-5-7-12(13)15(18)19/h5-9H,1-4H3,(H,18,19). The third kappa shape index (κ3) is 3.29. The van der Waals surface area contributed by atoms with Gasteiger partial charge < -0.3 is 5.11 Å². The van der Waals surface area contributed by atoms with E-state index < -0.39 is 22.0 Å². The lowest BCUT2D eigenvalue weighted by Crippen LogP contribution is -2.31. The van der Waals surface area contributed by atoms with Gasteiger partial charge in [0.15, 0.2) is 0 Å². The number of hydrogen-bond donors (Lipinski definition) is 1. The van der Waals surface area contributed by atoms with E-state index in [9.17, 15) is 18.3 Å². The average Bonchev–Trinajstić information content (AvgIpc) is 2.84. The highest BCUT2D eigenvalue weighted by Crippen LogP contribution is 2.30. The Hall–Kier alpha value is -1.77. The van der Waals surface area contributed by atoms with Crippen molar-refractivity contribution in [1.82, 2.24) is 9.29 Å². The Balaban J connectivity index is 2.47. The lowest BCUT2D eigenvalue weighted by atomic mass is 10.2. The lowest BCUT2D eigenvalue weighted by Gasteiger charge is -2.24. The number of carboxylic acid groups (broad SMARTS) is 1. The Kier molecular flexibility index (Phi) is 4.88. The molecule has 0 spiro atoms. The van der Waals surface area contributed by atoms with E-state index >= 15 is 0 Å². The third-order valence-electron chi connectivity index (χ3n) is 3.66. The summed E-state index contributed by atoms with van der Waals surface area (Å²) in [7, 11) is -2.52. The summed E-state index contributed by atoms with van der Waals surface area (Å²) in [5.41, 5.74) is 0.448. The minimum atomic E-state index is -3.95. The molecule has 0 fully saturated rings. The van der Waals surface area contributed by atoms with Crippen molar-refractivity contribution in [3.63, 3.8) is 0 Å². The van der Waals surface area contributed by atoms with Crippen LogP contribution in [-0.2, 0) is 10.0 Å². The zero-order valence-corrected chi connectivity index (χ0v) is 14.9. The van der Waals surface area contributed by atoms with Crippen LogP contribution < -0.4 is 0 Å². The molecule has 0 aliphatic carbocycles. The summed E-state index contributed by atoms with van der Waals surface area (Å²) in [6.45, 7) is 5.49. The second-order valence-electron chi connectivity index (χ2n) is 5.17. The molecule has 0 bridgehead atoms. The number of sulfonamides is 1. The Bertz CT molecular complexity index is 843.